The number of hydrogen-bond donors (Lipinski definition) is 0. The van der Waals surface area contributed by atoms with E-state index in [1.54, 1.807) is 0 Å². The number of rotatable bonds is 0. The molecule has 36 valence electrons. The lowest BCUT2D eigenvalue weighted by atomic mass is 10.8. The van der Waals surface area contributed by atoms with Crippen LogP contribution >= 0.6 is 0 Å². The van der Waals surface area contributed by atoms with Crippen molar-refractivity contribution in [3.8, 4) is 0 Å². The zero-order valence-electron chi connectivity index (χ0n) is 2.85. The molecule has 0 fully saturated rings. The smallest absolute Gasteiger partial charge is 0.169 e. The van der Waals surface area contributed by atoms with Gasteiger partial charge in [0, 0.05) is 0 Å². The summed E-state index contributed by atoms with van der Waals surface area (Å²) in [5.74, 6) is 0. The van der Waals surface area contributed by atoms with Gasteiger partial charge in [-0.25, -0.2) is 0 Å². The van der Waals surface area contributed by atoms with Gasteiger partial charge in [0.25, 0.3) is 0 Å². The van der Waals surface area contributed by atoms with Gasteiger partial charge in [-0.3, -0.25) is 4.99 Å². The average Bonchev–Trinajstić information content (AvgIpc) is 1.76. The predicted molar refractivity (Wildman–Crippen MR) is 26.0 cm³/mol. The van der Waals surface area contributed by atoms with Crippen LogP contribution in [0.3, 0.4) is 0 Å². The van der Waals surface area contributed by atoms with E-state index in [1.807, 2.05) is 0 Å². The van der Waals surface area contributed by atoms with Gasteiger partial charge < -0.3 is 4.74 Å². The van der Waals surface area contributed by atoms with Crippen LogP contribution in [-0.2, 0) is 4.74 Å². The van der Waals surface area contributed by atoms with Crippen molar-refractivity contribution in [3.05, 3.63) is 0 Å². The van der Waals surface area contributed by atoms with E-state index in [0.29, 0.717) is 0 Å². The van der Waals surface area contributed by atoms with E-state index in [9.17, 15) is 0 Å². The molecule has 1 aliphatic heterocycles. The van der Waals surface area contributed by atoms with Gasteiger partial charge in [-0.15, -0.1) is 0 Å². The van der Waals surface area contributed by atoms with Crippen LogP contribution < -0.4 is 0 Å². The second-order valence-electron chi connectivity index (χ2n) is 0.882. The second kappa shape index (κ2) is 2.69. The molecule has 0 spiro atoms. The first-order chi connectivity index (χ1) is 2.50. The highest BCUT2D eigenvalue weighted by atomic mass is 16.5. The summed E-state index contributed by atoms with van der Waals surface area (Å²) in [6.07, 6.45) is 1.49. The van der Waals surface area contributed by atoms with Gasteiger partial charge in [0.15, 0.2) is 6.40 Å². The molecule has 2 nitrogen and oxygen atoms in total. The fraction of sp³-hybridized carbons (Fsp3) is 0.750. The van der Waals surface area contributed by atoms with Gasteiger partial charge in [0.1, 0.15) is 6.61 Å². The van der Waals surface area contributed by atoms with Crippen LogP contribution in [-0.4, -0.2) is 19.6 Å². The predicted octanol–water partition coefficient (Wildman–Crippen LogP) is 0.681. The lowest BCUT2D eigenvalue weighted by Gasteiger charge is -1.76. The summed E-state index contributed by atoms with van der Waals surface area (Å²) < 4.78 is 4.65. The Bertz CT molecular complexity index is 45.5. The molecule has 0 unspecified atom stereocenters. The van der Waals surface area contributed by atoms with E-state index < -0.39 is 0 Å². The highest BCUT2D eigenvalue weighted by molar-refractivity contribution is 5.47. The Morgan fingerprint density at radius 1 is 1.67 bits per heavy atom. The number of nitrogens with zero attached hydrogens (tertiary/aromatic N) is 1. The molecule has 0 aliphatic carbocycles. The number of aliphatic imine (C=N–C) groups is 1. The standard InChI is InChI=1S/C3H5NO.CH4/c1-2-5-3-4-1;/h3H,1-2H2;1H4. The Balaban J connectivity index is 0.000000250. The first-order valence-corrected chi connectivity index (χ1v) is 1.60. The number of ether oxygens (including phenoxy) is 1. The highest BCUT2D eigenvalue weighted by Crippen LogP contribution is 1.78. The summed E-state index contributed by atoms with van der Waals surface area (Å²) in [4.78, 5) is 3.74. The monoisotopic (exact) mass is 87.1 g/mol. The molecular weight excluding hydrogens is 78.0 g/mol. The molecule has 0 amide bonds. The van der Waals surface area contributed by atoms with Gasteiger partial charge in [-0.2, -0.15) is 0 Å². The topological polar surface area (TPSA) is 21.6 Å². The maximum absolute atomic E-state index is 4.65. The summed E-state index contributed by atoms with van der Waals surface area (Å²) in [6.45, 7) is 1.62. The maximum atomic E-state index is 4.65. The third-order valence-corrected chi connectivity index (χ3v) is 0.487. The fourth-order valence-corrected chi connectivity index (χ4v) is 0.264. The molecule has 1 heterocycles. The van der Waals surface area contributed by atoms with Gasteiger partial charge in [0.2, 0.25) is 0 Å². The molecule has 0 N–H and O–H groups in total. The van der Waals surface area contributed by atoms with Crippen LogP contribution in [0, 0.1) is 0 Å². The molecular formula is C4H9NO. The largest absolute Gasteiger partial charge is 0.482 e. The van der Waals surface area contributed by atoms with E-state index in [0.717, 1.165) is 13.2 Å². The van der Waals surface area contributed by atoms with Crippen molar-refractivity contribution >= 4 is 6.40 Å². The van der Waals surface area contributed by atoms with Gasteiger partial charge in [0.05, 0.1) is 6.54 Å². The molecule has 0 aromatic carbocycles. The summed E-state index contributed by atoms with van der Waals surface area (Å²) in [5, 5.41) is 0. The third kappa shape index (κ3) is 1.06. The summed E-state index contributed by atoms with van der Waals surface area (Å²) in [7, 11) is 0. The SMILES string of the molecule is C.C1=NCCO1. The minimum atomic E-state index is 0. The Hall–Kier alpha value is -0.530. The molecule has 0 aromatic rings. The van der Waals surface area contributed by atoms with Crippen molar-refractivity contribution in [2.45, 2.75) is 7.43 Å². The molecule has 0 aromatic heterocycles. The molecule has 0 bridgehead atoms. The molecule has 2 heteroatoms. The van der Waals surface area contributed by atoms with Crippen LogP contribution in [0.1, 0.15) is 7.43 Å². The second-order valence-corrected chi connectivity index (χ2v) is 0.882. The summed E-state index contributed by atoms with van der Waals surface area (Å²) >= 11 is 0. The average molecular weight is 87.1 g/mol. The number of hydrogen-bond acceptors (Lipinski definition) is 2. The summed E-state index contributed by atoms with van der Waals surface area (Å²) in [5.41, 5.74) is 0. The molecule has 1 aliphatic rings. The minimum Gasteiger partial charge on any atom is -0.482 e. The highest BCUT2D eigenvalue weighted by Gasteiger charge is 1.84. The van der Waals surface area contributed by atoms with E-state index in [1.165, 1.54) is 6.40 Å². The van der Waals surface area contributed by atoms with Gasteiger partial charge >= 0.3 is 0 Å². The van der Waals surface area contributed by atoms with E-state index >= 15 is 0 Å². The molecule has 0 saturated heterocycles. The minimum absolute atomic E-state index is 0. The Labute approximate surface area is 37.8 Å². The van der Waals surface area contributed by atoms with Gasteiger partial charge in [-0.1, -0.05) is 7.43 Å². The quantitative estimate of drug-likeness (QED) is 0.425. The molecule has 0 radical (unpaired) electrons. The first kappa shape index (κ1) is 5.47. The van der Waals surface area contributed by atoms with E-state index in [4.69, 9.17) is 0 Å². The Morgan fingerprint density at radius 3 is 2.67 bits per heavy atom. The Kier molecular flexibility index (Phi) is 2.46. The van der Waals surface area contributed by atoms with E-state index in [2.05, 4.69) is 9.73 Å². The normalized spacial score (nSPS) is 16.0. The Morgan fingerprint density at radius 2 is 2.50 bits per heavy atom. The molecule has 1 rings (SSSR count). The first-order valence-electron chi connectivity index (χ1n) is 1.60. The van der Waals surface area contributed by atoms with Gasteiger partial charge in [-0.05, 0) is 0 Å². The fourth-order valence-electron chi connectivity index (χ4n) is 0.264. The lowest BCUT2D eigenvalue weighted by molar-refractivity contribution is 0.361. The van der Waals surface area contributed by atoms with Crippen molar-refractivity contribution in [1.82, 2.24) is 0 Å². The molecule has 0 atom stereocenters. The zero-order chi connectivity index (χ0) is 3.54. The zero-order valence-corrected chi connectivity index (χ0v) is 2.85. The van der Waals surface area contributed by atoms with Crippen LogP contribution in [0.5, 0.6) is 0 Å². The summed E-state index contributed by atoms with van der Waals surface area (Å²) in [6, 6.07) is 0. The van der Waals surface area contributed by atoms with E-state index in [-0.39, 0.29) is 7.43 Å². The van der Waals surface area contributed by atoms with Crippen molar-refractivity contribution in [1.29, 1.82) is 0 Å². The van der Waals surface area contributed by atoms with Crippen molar-refractivity contribution < 1.29 is 4.74 Å². The third-order valence-electron chi connectivity index (χ3n) is 0.487. The van der Waals surface area contributed by atoms with Crippen molar-refractivity contribution in [3.63, 3.8) is 0 Å². The van der Waals surface area contributed by atoms with Crippen LogP contribution in [0.2, 0.25) is 0 Å². The molecule has 0 saturated carbocycles. The lowest BCUT2D eigenvalue weighted by Crippen LogP contribution is -1.80. The maximum Gasteiger partial charge on any atom is 0.169 e. The van der Waals surface area contributed by atoms with Crippen LogP contribution in [0.25, 0.3) is 0 Å². The van der Waals surface area contributed by atoms with Crippen molar-refractivity contribution in [2.24, 2.45) is 4.99 Å². The van der Waals surface area contributed by atoms with Crippen LogP contribution in [0.15, 0.2) is 4.99 Å². The molecule has 6 heavy (non-hydrogen) atoms. The van der Waals surface area contributed by atoms with Crippen LogP contribution in [0.4, 0.5) is 0 Å². The van der Waals surface area contributed by atoms with Crippen molar-refractivity contribution in [2.75, 3.05) is 13.2 Å².